The van der Waals surface area contributed by atoms with Crippen LogP contribution in [0, 0.1) is 5.92 Å². The van der Waals surface area contributed by atoms with E-state index in [0.29, 0.717) is 19.2 Å². The minimum Gasteiger partial charge on any atom is -0.391 e. The second-order valence-corrected chi connectivity index (χ2v) is 5.89. The highest BCUT2D eigenvalue weighted by Crippen LogP contribution is 2.27. The maximum Gasteiger partial charge on any atom is 0.139 e. The van der Waals surface area contributed by atoms with Crippen LogP contribution in [0.3, 0.4) is 0 Å². The van der Waals surface area contributed by atoms with Crippen molar-refractivity contribution in [2.24, 2.45) is 5.92 Å². The van der Waals surface area contributed by atoms with E-state index in [2.05, 4.69) is 20.0 Å². The number of hydrogen-bond donors (Lipinski definition) is 2. The van der Waals surface area contributed by atoms with E-state index in [9.17, 15) is 5.11 Å². The molecule has 1 unspecified atom stereocenters. The van der Waals surface area contributed by atoms with Crippen LogP contribution in [0.4, 0.5) is 0 Å². The lowest BCUT2D eigenvalue weighted by Crippen LogP contribution is -2.35. The predicted molar refractivity (Wildman–Crippen MR) is 80.8 cm³/mol. The molecule has 2 N–H and O–H groups in total. The van der Waals surface area contributed by atoms with Crippen molar-refractivity contribution in [2.75, 3.05) is 7.11 Å². The molecule has 0 aromatic carbocycles. The van der Waals surface area contributed by atoms with Gasteiger partial charge in [-0.2, -0.15) is 5.10 Å². The Kier molecular flexibility index (Phi) is 4.87. The molecule has 7 nitrogen and oxygen atoms in total. The second kappa shape index (κ2) is 7.04. The van der Waals surface area contributed by atoms with Gasteiger partial charge in [0.2, 0.25) is 0 Å². The van der Waals surface area contributed by atoms with Gasteiger partial charge in [0, 0.05) is 44.8 Å². The normalized spacial score (nSPS) is 24.9. The minimum atomic E-state index is -0.299. The zero-order valence-corrected chi connectivity index (χ0v) is 12.8. The SMILES string of the molecule is COCn1nccc1CN[C@@H]1CC(Cn2ccnc2)C[C@H]1O. The van der Waals surface area contributed by atoms with E-state index in [-0.39, 0.29) is 12.1 Å². The summed E-state index contributed by atoms with van der Waals surface area (Å²) in [7, 11) is 1.65. The van der Waals surface area contributed by atoms with Gasteiger partial charge < -0.3 is 19.7 Å². The predicted octanol–water partition coefficient (Wildman–Crippen LogP) is 0.613. The monoisotopic (exact) mass is 305 g/mol. The molecular weight excluding hydrogens is 282 g/mol. The molecule has 3 atom stereocenters. The van der Waals surface area contributed by atoms with E-state index in [1.165, 1.54) is 0 Å². The Bertz CT molecular complexity index is 568. The van der Waals surface area contributed by atoms with Crippen molar-refractivity contribution in [2.45, 2.75) is 44.8 Å². The smallest absolute Gasteiger partial charge is 0.139 e. The Morgan fingerprint density at radius 1 is 1.41 bits per heavy atom. The Hall–Kier alpha value is -1.70. The number of ether oxygens (including phenoxy) is 1. The Morgan fingerprint density at radius 3 is 3.09 bits per heavy atom. The molecule has 1 fully saturated rings. The van der Waals surface area contributed by atoms with E-state index in [0.717, 1.165) is 25.1 Å². The van der Waals surface area contributed by atoms with Gasteiger partial charge in [-0.05, 0) is 24.8 Å². The van der Waals surface area contributed by atoms with Crippen LogP contribution in [-0.4, -0.2) is 43.7 Å². The molecule has 7 heteroatoms. The molecule has 2 aromatic heterocycles. The van der Waals surface area contributed by atoms with Crippen LogP contribution in [0.1, 0.15) is 18.5 Å². The van der Waals surface area contributed by atoms with Crippen LogP contribution in [-0.2, 0) is 24.6 Å². The van der Waals surface area contributed by atoms with Gasteiger partial charge in [0.15, 0.2) is 0 Å². The zero-order chi connectivity index (χ0) is 15.4. The number of aromatic nitrogens is 4. The molecule has 0 bridgehead atoms. The Balaban J connectivity index is 1.51. The van der Waals surface area contributed by atoms with Crippen LogP contribution in [0.25, 0.3) is 0 Å². The lowest BCUT2D eigenvalue weighted by molar-refractivity contribution is 0.116. The quantitative estimate of drug-likeness (QED) is 0.784. The highest BCUT2D eigenvalue weighted by molar-refractivity contribution is 5.01. The van der Waals surface area contributed by atoms with Gasteiger partial charge in [-0.25, -0.2) is 9.67 Å². The minimum absolute atomic E-state index is 0.124. The van der Waals surface area contributed by atoms with Crippen LogP contribution < -0.4 is 5.32 Å². The highest BCUT2D eigenvalue weighted by Gasteiger charge is 2.32. The number of imidazole rings is 1. The molecule has 0 saturated heterocycles. The van der Waals surface area contributed by atoms with E-state index in [4.69, 9.17) is 4.74 Å². The van der Waals surface area contributed by atoms with Gasteiger partial charge in [0.05, 0.1) is 18.1 Å². The fraction of sp³-hybridized carbons (Fsp3) is 0.600. The van der Waals surface area contributed by atoms with E-state index >= 15 is 0 Å². The van der Waals surface area contributed by atoms with E-state index in [1.807, 2.05) is 23.3 Å². The molecule has 1 aliphatic carbocycles. The van der Waals surface area contributed by atoms with Crippen molar-refractivity contribution in [1.82, 2.24) is 24.6 Å². The van der Waals surface area contributed by atoms with Crippen molar-refractivity contribution in [3.8, 4) is 0 Å². The first-order valence-electron chi connectivity index (χ1n) is 7.63. The first-order valence-corrected chi connectivity index (χ1v) is 7.63. The summed E-state index contributed by atoms with van der Waals surface area (Å²) in [4.78, 5) is 4.06. The fourth-order valence-electron chi connectivity index (χ4n) is 3.16. The Labute approximate surface area is 129 Å². The fourth-order valence-corrected chi connectivity index (χ4v) is 3.16. The molecule has 0 amide bonds. The number of methoxy groups -OCH3 is 1. The average Bonchev–Trinajstić information content (AvgIpc) is 3.21. The second-order valence-electron chi connectivity index (χ2n) is 5.89. The third-order valence-electron chi connectivity index (χ3n) is 4.26. The third kappa shape index (κ3) is 3.55. The average molecular weight is 305 g/mol. The summed E-state index contributed by atoms with van der Waals surface area (Å²) >= 11 is 0. The van der Waals surface area contributed by atoms with Crippen LogP contribution in [0.2, 0.25) is 0 Å². The molecule has 0 aliphatic heterocycles. The van der Waals surface area contributed by atoms with Crippen molar-refractivity contribution in [3.05, 3.63) is 36.7 Å². The lowest BCUT2D eigenvalue weighted by atomic mass is 10.1. The largest absolute Gasteiger partial charge is 0.391 e. The summed E-state index contributed by atoms with van der Waals surface area (Å²) in [5.41, 5.74) is 1.06. The summed E-state index contributed by atoms with van der Waals surface area (Å²) in [5, 5.41) is 17.9. The Morgan fingerprint density at radius 2 is 2.32 bits per heavy atom. The molecule has 3 rings (SSSR count). The maximum absolute atomic E-state index is 10.3. The van der Waals surface area contributed by atoms with Crippen molar-refractivity contribution >= 4 is 0 Å². The topological polar surface area (TPSA) is 77.1 Å². The van der Waals surface area contributed by atoms with Crippen molar-refractivity contribution in [1.29, 1.82) is 0 Å². The number of hydrogen-bond acceptors (Lipinski definition) is 5. The van der Waals surface area contributed by atoms with Crippen LogP contribution >= 0.6 is 0 Å². The standard InChI is InChI=1S/C15H23N5O2/c1-22-11-20-13(2-3-18-20)8-17-14-6-12(7-15(14)21)9-19-5-4-16-10-19/h2-5,10,12,14-15,17,21H,6-9,11H2,1H3/t12?,14-,15-/m1/s1. The molecule has 0 spiro atoms. The lowest BCUT2D eigenvalue weighted by Gasteiger charge is -2.17. The summed E-state index contributed by atoms with van der Waals surface area (Å²) in [6, 6.07) is 2.09. The molecular formula is C15H23N5O2. The van der Waals surface area contributed by atoms with Gasteiger partial charge in [-0.1, -0.05) is 0 Å². The molecule has 2 aromatic rings. The first kappa shape index (κ1) is 15.2. The van der Waals surface area contributed by atoms with Gasteiger partial charge in [-0.15, -0.1) is 0 Å². The summed E-state index contributed by atoms with van der Waals surface area (Å²) in [5.74, 6) is 0.477. The number of aliphatic hydroxyl groups is 1. The molecule has 1 saturated carbocycles. The molecule has 1 aliphatic rings. The van der Waals surface area contributed by atoms with Gasteiger partial charge in [0.25, 0.3) is 0 Å². The van der Waals surface area contributed by atoms with E-state index in [1.54, 1.807) is 19.5 Å². The number of nitrogens with zero attached hydrogens (tertiary/aromatic N) is 4. The molecule has 22 heavy (non-hydrogen) atoms. The van der Waals surface area contributed by atoms with Gasteiger partial charge in [0.1, 0.15) is 6.73 Å². The van der Waals surface area contributed by atoms with Crippen LogP contribution in [0.15, 0.2) is 31.0 Å². The van der Waals surface area contributed by atoms with Crippen LogP contribution in [0.5, 0.6) is 0 Å². The van der Waals surface area contributed by atoms with Gasteiger partial charge in [-0.3, -0.25) is 0 Å². The maximum atomic E-state index is 10.3. The first-order chi connectivity index (χ1) is 10.8. The number of rotatable bonds is 7. The van der Waals surface area contributed by atoms with Gasteiger partial charge >= 0.3 is 0 Å². The zero-order valence-electron chi connectivity index (χ0n) is 12.8. The van der Waals surface area contributed by atoms with Crippen molar-refractivity contribution in [3.63, 3.8) is 0 Å². The summed E-state index contributed by atoms with van der Waals surface area (Å²) in [6.45, 7) is 2.04. The summed E-state index contributed by atoms with van der Waals surface area (Å²) in [6.07, 6.45) is 8.85. The molecule has 0 radical (unpaired) electrons. The summed E-state index contributed by atoms with van der Waals surface area (Å²) < 4.78 is 9.00. The molecule has 120 valence electrons. The van der Waals surface area contributed by atoms with Crippen molar-refractivity contribution < 1.29 is 9.84 Å². The highest BCUT2D eigenvalue weighted by atomic mass is 16.5. The number of aliphatic hydroxyl groups excluding tert-OH is 1. The third-order valence-corrected chi connectivity index (χ3v) is 4.26. The molecule has 2 heterocycles. The van der Waals surface area contributed by atoms with E-state index < -0.39 is 0 Å². The number of nitrogens with one attached hydrogen (secondary N) is 1.